The van der Waals surface area contributed by atoms with Crippen molar-refractivity contribution < 1.29 is 4.79 Å². The topological polar surface area (TPSA) is 58.4 Å². The summed E-state index contributed by atoms with van der Waals surface area (Å²) < 4.78 is 0. The number of para-hydroxylation sites is 1. The van der Waals surface area contributed by atoms with E-state index in [2.05, 4.69) is 34.5 Å². The zero-order valence-electron chi connectivity index (χ0n) is 13.4. The first-order valence-electron chi connectivity index (χ1n) is 8.04. The third kappa shape index (κ3) is 4.75. The minimum atomic E-state index is -0.599. The lowest BCUT2D eigenvalue weighted by Gasteiger charge is -2.23. The third-order valence-corrected chi connectivity index (χ3v) is 4.91. The lowest BCUT2D eigenvalue weighted by atomic mass is 9.97. The number of amides is 1. The Labute approximate surface area is 151 Å². The molecule has 1 atom stereocenters. The third-order valence-electron chi connectivity index (χ3n) is 4.91. The van der Waals surface area contributed by atoms with Crippen LogP contribution in [-0.4, -0.2) is 31.1 Å². The van der Waals surface area contributed by atoms with Gasteiger partial charge in [0.05, 0.1) is 5.54 Å². The molecule has 1 saturated heterocycles. The number of nitrogens with zero attached hydrogens (tertiary/aromatic N) is 1. The van der Waals surface area contributed by atoms with E-state index in [1.54, 1.807) is 0 Å². The fourth-order valence-electron chi connectivity index (χ4n) is 3.52. The lowest BCUT2D eigenvalue weighted by Crippen LogP contribution is -2.52. The molecule has 3 N–H and O–H groups in total. The standard InChI is InChI=1S/C17H25N3O.2ClH/c18-17(9-4-5-10-17)16(21)19-12-14-8-11-20(13-14)15-6-2-1-3-7-15;;/h1-3,6-7,14H,4-5,8-13,18H2,(H,19,21);2*1H. The van der Waals surface area contributed by atoms with Crippen LogP contribution in [0.3, 0.4) is 0 Å². The Morgan fingerprint density at radius 1 is 1.22 bits per heavy atom. The maximum absolute atomic E-state index is 12.2. The quantitative estimate of drug-likeness (QED) is 0.868. The molecule has 1 aliphatic carbocycles. The highest BCUT2D eigenvalue weighted by molar-refractivity contribution is 5.86. The Kier molecular flexibility index (Phi) is 7.65. The smallest absolute Gasteiger partial charge is 0.240 e. The largest absolute Gasteiger partial charge is 0.371 e. The molecule has 1 aliphatic heterocycles. The molecule has 1 aromatic rings. The average Bonchev–Trinajstić information content (AvgIpc) is 3.15. The number of hydrogen-bond donors (Lipinski definition) is 2. The van der Waals surface area contributed by atoms with Crippen LogP contribution in [0.2, 0.25) is 0 Å². The number of carbonyl (C=O) groups is 1. The van der Waals surface area contributed by atoms with Crippen molar-refractivity contribution in [3.8, 4) is 0 Å². The van der Waals surface area contributed by atoms with E-state index in [9.17, 15) is 4.79 Å². The highest BCUT2D eigenvalue weighted by Gasteiger charge is 2.37. The predicted molar refractivity (Wildman–Crippen MR) is 99.7 cm³/mol. The van der Waals surface area contributed by atoms with Crippen LogP contribution in [0.15, 0.2) is 30.3 Å². The van der Waals surface area contributed by atoms with E-state index in [1.165, 1.54) is 5.69 Å². The number of halogens is 2. The molecule has 4 nitrogen and oxygen atoms in total. The summed E-state index contributed by atoms with van der Waals surface area (Å²) in [5.41, 5.74) is 6.86. The van der Waals surface area contributed by atoms with E-state index in [4.69, 9.17) is 5.73 Å². The minimum Gasteiger partial charge on any atom is -0.371 e. The molecule has 1 saturated carbocycles. The Morgan fingerprint density at radius 2 is 1.87 bits per heavy atom. The molecule has 2 fully saturated rings. The molecule has 0 bridgehead atoms. The molecular formula is C17H27Cl2N3O. The number of nitrogens with one attached hydrogen (secondary N) is 1. The summed E-state index contributed by atoms with van der Waals surface area (Å²) in [7, 11) is 0. The molecule has 23 heavy (non-hydrogen) atoms. The van der Waals surface area contributed by atoms with Crippen LogP contribution in [0.5, 0.6) is 0 Å². The Bertz CT molecular complexity index is 492. The molecule has 0 aromatic heterocycles. The zero-order chi connectivity index (χ0) is 14.7. The summed E-state index contributed by atoms with van der Waals surface area (Å²) in [6.45, 7) is 2.83. The van der Waals surface area contributed by atoms with Crippen molar-refractivity contribution in [3.63, 3.8) is 0 Å². The maximum Gasteiger partial charge on any atom is 0.240 e. The fraction of sp³-hybridized carbons (Fsp3) is 0.588. The van der Waals surface area contributed by atoms with Crippen molar-refractivity contribution >= 4 is 36.4 Å². The number of hydrogen-bond acceptors (Lipinski definition) is 3. The van der Waals surface area contributed by atoms with Gasteiger partial charge in [0.2, 0.25) is 5.91 Å². The van der Waals surface area contributed by atoms with E-state index in [0.29, 0.717) is 5.92 Å². The Hall–Kier alpha value is -0.970. The van der Waals surface area contributed by atoms with Crippen molar-refractivity contribution in [3.05, 3.63) is 30.3 Å². The second kappa shape index (κ2) is 8.76. The molecule has 1 heterocycles. The van der Waals surface area contributed by atoms with Crippen molar-refractivity contribution in [1.82, 2.24) is 5.32 Å². The number of carbonyl (C=O) groups excluding carboxylic acids is 1. The SMILES string of the molecule is Cl.Cl.NC1(C(=O)NCC2CCN(c3ccccc3)C2)CCCC1. The Morgan fingerprint density at radius 3 is 2.52 bits per heavy atom. The van der Waals surface area contributed by atoms with E-state index in [1.807, 2.05) is 6.07 Å². The fourth-order valence-corrected chi connectivity index (χ4v) is 3.52. The van der Waals surface area contributed by atoms with Gasteiger partial charge in [-0.25, -0.2) is 0 Å². The van der Waals surface area contributed by atoms with Crippen LogP contribution in [-0.2, 0) is 4.79 Å². The van der Waals surface area contributed by atoms with Gasteiger partial charge in [-0.2, -0.15) is 0 Å². The van der Waals surface area contributed by atoms with Crippen LogP contribution < -0.4 is 16.0 Å². The van der Waals surface area contributed by atoms with Crippen molar-refractivity contribution in [2.24, 2.45) is 11.7 Å². The lowest BCUT2D eigenvalue weighted by molar-refractivity contribution is -0.126. The van der Waals surface area contributed by atoms with Gasteiger partial charge in [-0.1, -0.05) is 31.0 Å². The van der Waals surface area contributed by atoms with Gasteiger partial charge < -0.3 is 16.0 Å². The van der Waals surface area contributed by atoms with Gasteiger partial charge in [-0.3, -0.25) is 4.79 Å². The summed E-state index contributed by atoms with van der Waals surface area (Å²) in [4.78, 5) is 14.6. The number of benzene rings is 1. The maximum atomic E-state index is 12.2. The van der Waals surface area contributed by atoms with E-state index in [0.717, 1.165) is 51.7 Å². The van der Waals surface area contributed by atoms with Gasteiger partial charge in [-0.05, 0) is 37.3 Å². The molecule has 130 valence electrons. The average molecular weight is 360 g/mol. The second-order valence-corrected chi connectivity index (χ2v) is 6.51. The summed E-state index contributed by atoms with van der Waals surface area (Å²) in [5.74, 6) is 0.581. The van der Waals surface area contributed by atoms with Gasteiger partial charge in [0.15, 0.2) is 0 Å². The van der Waals surface area contributed by atoms with E-state index in [-0.39, 0.29) is 30.7 Å². The first kappa shape index (κ1) is 20.1. The summed E-state index contributed by atoms with van der Waals surface area (Å²) in [5, 5.41) is 3.09. The molecule has 1 unspecified atom stereocenters. The number of nitrogens with two attached hydrogens (primary N) is 1. The summed E-state index contributed by atoms with van der Waals surface area (Å²) in [6.07, 6.45) is 4.95. The molecule has 2 aliphatic rings. The van der Waals surface area contributed by atoms with Crippen LogP contribution >= 0.6 is 24.8 Å². The van der Waals surface area contributed by atoms with Crippen LogP contribution in [0.4, 0.5) is 5.69 Å². The van der Waals surface area contributed by atoms with Crippen LogP contribution in [0.25, 0.3) is 0 Å². The van der Waals surface area contributed by atoms with Crippen molar-refractivity contribution in [2.75, 3.05) is 24.5 Å². The molecule has 6 heteroatoms. The first-order valence-corrected chi connectivity index (χ1v) is 8.04. The van der Waals surface area contributed by atoms with Gasteiger partial charge in [0.25, 0.3) is 0 Å². The van der Waals surface area contributed by atoms with E-state index < -0.39 is 5.54 Å². The molecule has 0 radical (unpaired) electrons. The highest BCUT2D eigenvalue weighted by atomic mass is 35.5. The zero-order valence-corrected chi connectivity index (χ0v) is 15.0. The number of anilines is 1. The van der Waals surface area contributed by atoms with Crippen LogP contribution in [0.1, 0.15) is 32.1 Å². The van der Waals surface area contributed by atoms with Gasteiger partial charge in [0.1, 0.15) is 0 Å². The second-order valence-electron chi connectivity index (χ2n) is 6.51. The Balaban J connectivity index is 0.00000132. The molecule has 1 amide bonds. The minimum absolute atomic E-state index is 0. The van der Waals surface area contributed by atoms with E-state index >= 15 is 0 Å². The molecule has 0 spiro atoms. The number of rotatable bonds is 4. The van der Waals surface area contributed by atoms with Crippen LogP contribution in [0, 0.1) is 5.92 Å². The van der Waals surface area contributed by atoms with Gasteiger partial charge in [-0.15, -0.1) is 24.8 Å². The molecule has 1 aromatic carbocycles. The molecular weight excluding hydrogens is 333 g/mol. The normalized spacial score (nSPS) is 22.1. The molecule has 3 rings (SSSR count). The predicted octanol–water partition coefficient (Wildman–Crippen LogP) is 2.74. The van der Waals surface area contributed by atoms with Crippen molar-refractivity contribution in [1.29, 1.82) is 0 Å². The summed E-state index contributed by atoms with van der Waals surface area (Å²) in [6, 6.07) is 10.5. The van der Waals surface area contributed by atoms with Gasteiger partial charge >= 0.3 is 0 Å². The highest BCUT2D eigenvalue weighted by Crippen LogP contribution is 2.28. The van der Waals surface area contributed by atoms with Gasteiger partial charge in [0, 0.05) is 25.3 Å². The first-order chi connectivity index (χ1) is 10.2. The summed E-state index contributed by atoms with van der Waals surface area (Å²) >= 11 is 0. The van der Waals surface area contributed by atoms with Crippen molar-refractivity contribution in [2.45, 2.75) is 37.6 Å². The monoisotopic (exact) mass is 359 g/mol.